The summed E-state index contributed by atoms with van der Waals surface area (Å²) in [4.78, 5) is 8.11. The van der Waals surface area contributed by atoms with E-state index in [0.29, 0.717) is 10.7 Å². The molecule has 3 nitrogen and oxygen atoms in total. The van der Waals surface area contributed by atoms with Crippen molar-refractivity contribution < 1.29 is 4.39 Å². The minimum atomic E-state index is -0.342. The van der Waals surface area contributed by atoms with Gasteiger partial charge in [0.1, 0.15) is 5.82 Å². The molecule has 17 heavy (non-hydrogen) atoms. The second-order valence-electron chi connectivity index (χ2n) is 3.62. The maximum atomic E-state index is 13.5. The van der Waals surface area contributed by atoms with Gasteiger partial charge in [0.25, 0.3) is 0 Å². The molecule has 0 aliphatic rings. The normalized spacial score (nSPS) is 12.2. The number of benzene rings is 1. The van der Waals surface area contributed by atoms with Gasteiger partial charge in [-0.25, -0.2) is 4.39 Å². The molecule has 0 saturated heterocycles. The predicted molar refractivity (Wildman–Crippen MR) is 65.5 cm³/mol. The summed E-state index contributed by atoms with van der Waals surface area (Å²) >= 11 is 5.81. The van der Waals surface area contributed by atoms with Gasteiger partial charge in [-0.05, 0) is 25.1 Å². The minimum absolute atomic E-state index is 0.142. The van der Waals surface area contributed by atoms with Gasteiger partial charge in [0.2, 0.25) is 0 Å². The fraction of sp³-hybridized carbons (Fsp3) is 0.167. The van der Waals surface area contributed by atoms with E-state index < -0.39 is 0 Å². The predicted octanol–water partition coefficient (Wildman–Crippen LogP) is 3.44. The molecule has 1 N–H and O–H groups in total. The van der Waals surface area contributed by atoms with Gasteiger partial charge >= 0.3 is 0 Å². The lowest BCUT2D eigenvalue weighted by atomic mass is 10.2. The molecule has 0 radical (unpaired) electrons. The Labute approximate surface area is 104 Å². The first kappa shape index (κ1) is 11.8. The minimum Gasteiger partial charge on any atom is -0.374 e. The molecular formula is C12H11ClFN3. The maximum Gasteiger partial charge on any atom is 0.146 e. The number of aromatic nitrogens is 2. The highest BCUT2D eigenvalue weighted by molar-refractivity contribution is 6.30. The molecule has 0 bridgehead atoms. The Bertz CT molecular complexity index is 504. The van der Waals surface area contributed by atoms with E-state index in [4.69, 9.17) is 11.6 Å². The van der Waals surface area contributed by atoms with E-state index in [1.807, 2.05) is 6.92 Å². The highest BCUT2D eigenvalue weighted by Gasteiger charge is 2.09. The Balaban J connectivity index is 2.18. The summed E-state index contributed by atoms with van der Waals surface area (Å²) in [5.74, 6) is -0.342. The lowest BCUT2D eigenvalue weighted by molar-refractivity contribution is 0.627. The highest BCUT2D eigenvalue weighted by atomic mass is 35.5. The van der Waals surface area contributed by atoms with E-state index in [-0.39, 0.29) is 11.9 Å². The standard InChI is InChI=1S/C12H11ClFN3/c1-8(12-7-15-4-5-16-12)17-11-6-9(13)2-3-10(11)14/h2-8,17H,1H3. The number of rotatable bonds is 3. The molecule has 2 aromatic rings. The van der Waals surface area contributed by atoms with Gasteiger partial charge in [-0.2, -0.15) is 0 Å². The Morgan fingerprint density at radius 3 is 2.88 bits per heavy atom. The van der Waals surface area contributed by atoms with Crippen LogP contribution in [0.5, 0.6) is 0 Å². The molecule has 0 aliphatic carbocycles. The van der Waals surface area contributed by atoms with Crippen molar-refractivity contribution in [2.24, 2.45) is 0 Å². The van der Waals surface area contributed by atoms with E-state index in [1.54, 1.807) is 24.7 Å². The zero-order chi connectivity index (χ0) is 12.3. The van der Waals surface area contributed by atoms with Crippen molar-refractivity contribution >= 4 is 17.3 Å². The number of hydrogen-bond donors (Lipinski definition) is 1. The van der Waals surface area contributed by atoms with Gasteiger partial charge in [-0.15, -0.1) is 0 Å². The van der Waals surface area contributed by atoms with Gasteiger partial charge in [0.05, 0.1) is 23.6 Å². The average Bonchev–Trinajstić information content (AvgIpc) is 2.35. The van der Waals surface area contributed by atoms with E-state index in [9.17, 15) is 4.39 Å². The van der Waals surface area contributed by atoms with Crippen molar-refractivity contribution in [1.29, 1.82) is 0 Å². The Hall–Kier alpha value is -1.68. The number of hydrogen-bond acceptors (Lipinski definition) is 3. The van der Waals surface area contributed by atoms with Crippen LogP contribution in [0.4, 0.5) is 10.1 Å². The number of anilines is 1. The maximum absolute atomic E-state index is 13.5. The zero-order valence-electron chi connectivity index (χ0n) is 9.19. The molecule has 1 unspecified atom stereocenters. The third kappa shape index (κ3) is 2.91. The molecule has 1 aromatic heterocycles. The molecule has 0 aliphatic heterocycles. The van der Waals surface area contributed by atoms with E-state index in [2.05, 4.69) is 15.3 Å². The Morgan fingerprint density at radius 2 is 2.18 bits per heavy atom. The molecule has 88 valence electrons. The van der Waals surface area contributed by atoms with Gasteiger partial charge in [0, 0.05) is 17.4 Å². The van der Waals surface area contributed by atoms with Crippen LogP contribution in [0.1, 0.15) is 18.7 Å². The van der Waals surface area contributed by atoms with E-state index >= 15 is 0 Å². The third-order valence-electron chi connectivity index (χ3n) is 2.33. The SMILES string of the molecule is CC(Nc1cc(Cl)ccc1F)c1cnccn1. The molecule has 1 atom stereocenters. The lowest BCUT2D eigenvalue weighted by Crippen LogP contribution is -2.09. The quantitative estimate of drug-likeness (QED) is 0.908. The van der Waals surface area contributed by atoms with Crippen molar-refractivity contribution in [1.82, 2.24) is 9.97 Å². The first-order valence-corrected chi connectivity index (χ1v) is 5.52. The summed E-state index contributed by atoms with van der Waals surface area (Å²) in [5, 5.41) is 3.49. The van der Waals surface area contributed by atoms with Crippen molar-refractivity contribution in [2.45, 2.75) is 13.0 Å². The van der Waals surface area contributed by atoms with Crippen LogP contribution < -0.4 is 5.32 Å². The van der Waals surface area contributed by atoms with Gasteiger partial charge < -0.3 is 5.32 Å². The molecule has 1 heterocycles. The van der Waals surface area contributed by atoms with Crippen molar-refractivity contribution in [3.05, 3.63) is 53.3 Å². The summed E-state index contributed by atoms with van der Waals surface area (Å²) < 4.78 is 13.5. The first-order valence-electron chi connectivity index (χ1n) is 5.14. The van der Waals surface area contributed by atoms with E-state index in [1.165, 1.54) is 12.1 Å². The number of nitrogens with zero attached hydrogens (tertiary/aromatic N) is 2. The topological polar surface area (TPSA) is 37.8 Å². The van der Waals surface area contributed by atoms with Gasteiger partial charge in [0.15, 0.2) is 0 Å². The average molecular weight is 252 g/mol. The molecule has 1 aromatic carbocycles. The van der Waals surface area contributed by atoms with Crippen LogP contribution >= 0.6 is 11.6 Å². The van der Waals surface area contributed by atoms with E-state index in [0.717, 1.165) is 5.69 Å². The summed E-state index contributed by atoms with van der Waals surface area (Å²) in [7, 11) is 0. The third-order valence-corrected chi connectivity index (χ3v) is 2.56. The number of nitrogens with one attached hydrogen (secondary N) is 1. The first-order chi connectivity index (χ1) is 8.16. The van der Waals surface area contributed by atoms with Crippen molar-refractivity contribution in [3.63, 3.8) is 0 Å². The van der Waals surface area contributed by atoms with Crippen molar-refractivity contribution in [3.8, 4) is 0 Å². The Morgan fingerprint density at radius 1 is 1.35 bits per heavy atom. The molecule has 5 heteroatoms. The second-order valence-corrected chi connectivity index (χ2v) is 4.06. The smallest absolute Gasteiger partial charge is 0.146 e. The zero-order valence-corrected chi connectivity index (χ0v) is 9.95. The van der Waals surface area contributed by atoms with Gasteiger partial charge in [-0.1, -0.05) is 11.6 Å². The summed E-state index contributed by atoms with van der Waals surface area (Å²) in [6, 6.07) is 4.24. The monoisotopic (exact) mass is 251 g/mol. The lowest BCUT2D eigenvalue weighted by Gasteiger charge is -2.15. The van der Waals surface area contributed by atoms with Crippen LogP contribution in [0.2, 0.25) is 5.02 Å². The molecule has 2 rings (SSSR count). The van der Waals surface area contributed by atoms with Crippen LogP contribution in [0, 0.1) is 5.82 Å². The van der Waals surface area contributed by atoms with Crippen LogP contribution in [0.3, 0.4) is 0 Å². The molecule has 0 saturated carbocycles. The highest BCUT2D eigenvalue weighted by Crippen LogP contribution is 2.23. The summed E-state index contributed by atoms with van der Waals surface area (Å²) in [5.41, 5.74) is 1.10. The second kappa shape index (κ2) is 5.10. The summed E-state index contributed by atoms with van der Waals surface area (Å²) in [6.07, 6.45) is 4.83. The fourth-order valence-electron chi connectivity index (χ4n) is 1.45. The van der Waals surface area contributed by atoms with Crippen LogP contribution in [-0.4, -0.2) is 9.97 Å². The van der Waals surface area contributed by atoms with Crippen LogP contribution in [-0.2, 0) is 0 Å². The fourth-order valence-corrected chi connectivity index (χ4v) is 1.62. The largest absolute Gasteiger partial charge is 0.374 e. The van der Waals surface area contributed by atoms with Gasteiger partial charge in [-0.3, -0.25) is 9.97 Å². The number of halogens is 2. The van der Waals surface area contributed by atoms with Crippen LogP contribution in [0.25, 0.3) is 0 Å². The summed E-state index contributed by atoms with van der Waals surface area (Å²) in [6.45, 7) is 1.88. The molecule has 0 spiro atoms. The van der Waals surface area contributed by atoms with Crippen LogP contribution in [0.15, 0.2) is 36.8 Å². The Kier molecular flexibility index (Phi) is 3.54. The molecular weight excluding hydrogens is 241 g/mol. The van der Waals surface area contributed by atoms with Crippen molar-refractivity contribution in [2.75, 3.05) is 5.32 Å². The molecule has 0 fully saturated rings. The molecule has 0 amide bonds.